The lowest BCUT2D eigenvalue weighted by molar-refractivity contribution is -0.122. The van der Waals surface area contributed by atoms with E-state index >= 15 is 0 Å². The van der Waals surface area contributed by atoms with Crippen LogP contribution in [0.5, 0.6) is 0 Å². The Morgan fingerprint density at radius 1 is 1.24 bits per heavy atom. The third-order valence-corrected chi connectivity index (χ3v) is 3.40. The Kier molecular flexibility index (Phi) is 8.77. The van der Waals surface area contributed by atoms with Gasteiger partial charge in [0.25, 0.3) is 0 Å². The topological polar surface area (TPSA) is 79.9 Å². The molecule has 0 aromatic rings. The molecule has 2 N–H and O–H groups in total. The van der Waals surface area contributed by atoms with Crippen molar-refractivity contribution < 1.29 is 19.1 Å². The molecule has 1 aliphatic rings. The van der Waals surface area contributed by atoms with Crippen LogP contribution in [0, 0.1) is 0 Å². The summed E-state index contributed by atoms with van der Waals surface area (Å²) < 4.78 is 9.88. The molecular formula is C14H27N3O4. The number of carbonyl (C=O) groups excluding carboxylic acids is 2. The van der Waals surface area contributed by atoms with Gasteiger partial charge in [-0.3, -0.25) is 4.79 Å². The Balaban J connectivity index is 2.11. The van der Waals surface area contributed by atoms with Gasteiger partial charge in [-0.1, -0.05) is 0 Å². The molecular weight excluding hydrogens is 274 g/mol. The molecule has 0 aromatic carbocycles. The van der Waals surface area contributed by atoms with Gasteiger partial charge in [0, 0.05) is 45.8 Å². The Hall–Kier alpha value is -1.34. The number of nitrogens with zero attached hydrogens (tertiary/aromatic N) is 1. The number of nitrogens with one attached hydrogen (secondary N) is 2. The lowest BCUT2D eigenvalue weighted by atomic mass is 10.1. The summed E-state index contributed by atoms with van der Waals surface area (Å²) in [5.41, 5.74) is 0. The first-order valence-electron chi connectivity index (χ1n) is 7.58. The van der Waals surface area contributed by atoms with Crippen LogP contribution in [0.25, 0.3) is 0 Å². The SMILES string of the molecule is CCOC(=O)N1CCC(NC(=O)CCNCCOC)CC1. The summed E-state index contributed by atoms with van der Waals surface area (Å²) in [6, 6.07) is 0.155. The first kappa shape index (κ1) is 17.7. The number of hydrogen-bond acceptors (Lipinski definition) is 5. The monoisotopic (exact) mass is 301 g/mol. The van der Waals surface area contributed by atoms with E-state index in [0.717, 1.165) is 19.4 Å². The zero-order chi connectivity index (χ0) is 15.5. The van der Waals surface area contributed by atoms with Crippen LogP contribution in [0.1, 0.15) is 26.2 Å². The van der Waals surface area contributed by atoms with Crippen molar-refractivity contribution in [2.75, 3.05) is 46.5 Å². The lowest BCUT2D eigenvalue weighted by Gasteiger charge is -2.31. The average Bonchev–Trinajstić information content (AvgIpc) is 2.48. The van der Waals surface area contributed by atoms with Crippen LogP contribution < -0.4 is 10.6 Å². The molecule has 0 atom stereocenters. The van der Waals surface area contributed by atoms with E-state index in [2.05, 4.69) is 10.6 Å². The normalized spacial score (nSPS) is 15.8. The van der Waals surface area contributed by atoms with Gasteiger partial charge in [0.05, 0.1) is 13.2 Å². The standard InChI is InChI=1S/C14H27N3O4/c1-3-21-14(19)17-9-5-12(6-10-17)16-13(18)4-7-15-8-11-20-2/h12,15H,3-11H2,1-2H3,(H,16,18). The average molecular weight is 301 g/mol. The second-order valence-electron chi connectivity index (χ2n) is 5.02. The summed E-state index contributed by atoms with van der Waals surface area (Å²) in [5.74, 6) is 0.0505. The van der Waals surface area contributed by atoms with E-state index in [9.17, 15) is 9.59 Å². The van der Waals surface area contributed by atoms with Crippen LogP contribution in [-0.4, -0.2) is 69.4 Å². The van der Waals surface area contributed by atoms with E-state index in [-0.39, 0.29) is 18.0 Å². The third-order valence-electron chi connectivity index (χ3n) is 3.40. The predicted molar refractivity (Wildman–Crippen MR) is 79.1 cm³/mol. The van der Waals surface area contributed by atoms with Crippen LogP contribution in [0.3, 0.4) is 0 Å². The van der Waals surface area contributed by atoms with Gasteiger partial charge in [-0.2, -0.15) is 0 Å². The van der Waals surface area contributed by atoms with Gasteiger partial charge in [-0.25, -0.2) is 4.79 Å². The van der Waals surface area contributed by atoms with Crippen molar-refractivity contribution in [3.8, 4) is 0 Å². The Labute approximate surface area is 126 Å². The summed E-state index contributed by atoms with van der Waals surface area (Å²) in [7, 11) is 1.65. The molecule has 1 fully saturated rings. The summed E-state index contributed by atoms with van der Waals surface area (Å²) in [5, 5.41) is 6.15. The fourth-order valence-electron chi connectivity index (χ4n) is 2.22. The van der Waals surface area contributed by atoms with Crippen molar-refractivity contribution in [3.63, 3.8) is 0 Å². The molecule has 122 valence electrons. The van der Waals surface area contributed by atoms with E-state index in [1.54, 1.807) is 18.9 Å². The van der Waals surface area contributed by atoms with Crippen LogP contribution in [0.2, 0.25) is 0 Å². The number of methoxy groups -OCH3 is 1. The van der Waals surface area contributed by atoms with Crippen LogP contribution in [0.4, 0.5) is 4.79 Å². The van der Waals surface area contributed by atoms with Crippen molar-refractivity contribution in [3.05, 3.63) is 0 Å². The van der Waals surface area contributed by atoms with Gasteiger partial charge in [0.2, 0.25) is 5.91 Å². The number of likely N-dealkylation sites (tertiary alicyclic amines) is 1. The van der Waals surface area contributed by atoms with E-state index in [1.165, 1.54) is 0 Å². The van der Waals surface area contributed by atoms with Crippen LogP contribution >= 0.6 is 0 Å². The van der Waals surface area contributed by atoms with E-state index < -0.39 is 0 Å². The molecule has 0 aliphatic carbocycles. The van der Waals surface area contributed by atoms with E-state index in [0.29, 0.717) is 39.3 Å². The highest BCUT2D eigenvalue weighted by Gasteiger charge is 2.24. The molecule has 1 saturated heterocycles. The molecule has 7 heteroatoms. The number of amides is 2. The van der Waals surface area contributed by atoms with Gasteiger partial charge in [0.1, 0.15) is 0 Å². The third kappa shape index (κ3) is 7.29. The zero-order valence-electron chi connectivity index (χ0n) is 13.0. The highest BCUT2D eigenvalue weighted by Crippen LogP contribution is 2.11. The van der Waals surface area contributed by atoms with Gasteiger partial charge >= 0.3 is 6.09 Å². The highest BCUT2D eigenvalue weighted by atomic mass is 16.6. The van der Waals surface area contributed by atoms with Crippen molar-refractivity contribution in [2.45, 2.75) is 32.2 Å². The Morgan fingerprint density at radius 3 is 2.57 bits per heavy atom. The molecule has 1 heterocycles. The smallest absolute Gasteiger partial charge is 0.409 e. The molecule has 1 aliphatic heterocycles. The predicted octanol–water partition coefficient (Wildman–Crippen LogP) is 0.350. The number of ether oxygens (including phenoxy) is 2. The Bertz CT molecular complexity index is 317. The first-order valence-corrected chi connectivity index (χ1v) is 7.58. The van der Waals surface area contributed by atoms with Gasteiger partial charge in [-0.05, 0) is 19.8 Å². The maximum Gasteiger partial charge on any atom is 0.409 e. The van der Waals surface area contributed by atoms with Gasteiger partial charge < -0.3 is 25.0 Å². The summed E-state index contributed by atoms with van der Waals surface area (Å²) in [6.45, 7) is 5.51. The summed E-state index contributed by atoms with van der Waals surface area (Å²) >= 11 is 0. The first-order chi connectivity index (χ1) is 10.2. The van der Waals surface area contributed by atoms with Gasteiger partial charge in [-0.15, -0.1) is 0 Å². The van der Waals surface area contributed by atoms with Gasteiger partial charge in [0.15, 0.2) is 0 Å². The number of hydrogen-bond donors (Lipinski definition) is 2. The molecule has 0 saturated carbocycles. The quantitative estimate of drug-likeness (QED) is 0.632. The highest BCUT2D eigenvalue weighted by molar-refractivity contribution is 5.76. The number of carbonyl (C=O) groups is 2. The van der Waals surface area contributed by atoms with Crippen molar-refractivity contribution in [1.82, 2.24) is 15.5 Å². The molecule has 0 aromatic heterocycles. The summed E-state index contributed by atoms with van der Waals surface area (Å²) in [6.07, 6.45) is 1.76. The van der Waals surface area contributed by atoms with Crippen molar-refractivity contribution in [2.24, 2.45) is 0 Å². The molecule has 0 unspecified atom stereocenters. The molecule has 0 spiro atoms. The fourth-order valence-corrected chi connectivity index (χ4v) is 2.22. The van der Waals surface area contributed by atoms with E-state index in [4.69, 9.17) is 9.47 Å². The maximum absolute atomic E-state index is 11.8. The minimum Gasteiger partial charge on any atom is -0.450 e. The molecule has 2 amide bonds. The van der Waals surface area contributed by atoms with Crippen molar-refractivity contribution in [1.29, 1.82) is 0 Å². The minimum atomic E-state index is -0.260. The molecule has 0 bridgehead atoms. The van der Waals surface area contributed by atoms with Crippen LogP contribution in [0.15, 0.2) is 0 Å². The zero-order valence-corrected chi connectivity index (χ0v) is 13.0. The lowest BCUT2D eigenvalue weighted by Crippen LogP contribution is -2.47. The minimum absolute atomic E-state index is 0.0505. The van der Waals surface area contributed by atoms with E-state index in [1.807, 2.05) is 0 Å². The number of piperidine rings is 1. The molecule has 7 nitrogen and oxygen atoms in total. The Morgan fingerprint density at radius 2 is 1.95 bits per heavy atom. The van der Waals surface area contributed by atoms with Crippen LogP contribution in [-0.2, 0) is 14.3 Å². The molecule has 1 rings (SSSR count). The molecule has 21 heavy (non-hydrogen) atoms. The second kappa shape index (κ2) is 10.4. The number of rotatable bonds is 8. The summed E-state index contributed by atoms with van der Waals surface area (Å²) in [4.78, 5) is 25.0. The fraction of sp³-hybridized carbons (Fsp3) is 0.857. The maximum atomic E-state index is 11.8. The van der Waals surface area contributed by atoms with Crippen molar-refractivity contribution >= 4 is 12.0 Å². The molecule has 0 radical (unpaired) electrons. The largest absolute Gasteiger partial charge is 0.450 e. The second-order valence-corrected chi connectivity index (χ2v) is 5.02.